The SMILES string of the molecule is O=c1c(C=NC2CCCC2)c(NC2CCCC2)nc2ccccn12. The highest BCUT2D eigenvalue weighted by atomic mass is 16.1. The Balaban J connectivity index is 1.74. The molecular formula is C19H24N4O. The normalized spacial score (nSPS) is 19.7. The topological polar surface area (TPSA) is 58.8 Å². The Morgan fingerprint density at radius 3 is 2.67 bits per heavy atom. The average Bonchev–Trinajstić information content (AvgIpc) is 3.28. The largest absolute Gasteiger partial charge is 0.367 e. The second-order valence-corrected chi connectivity index (χ2v) is 6.95. The molecule has 2 aliphatic carbocycles. The van der Waals surface area contributed by atoms with Crippen molar-refractivity contribution in [1.29, 1.82) is 0 Å². The fourth-order valence-corrected chi connectivity index (χ4v) is 3.83. The lowest BCUT2D eigenvalue weighted by molar-refractivity contribution is 0.709. The molecule has 0 amide bonds. The zero-order valence-electron chi connectivity index (χ0n) is 13.9. The van der Waals surface area contributed by atoms with Gasteiger partial charge in [-0.05, 0) is 37.8 Å². The van der Waals surface area contributed by atoms with Crippen LogP contribution in [-0.4, -0.2) is 27.7 Å². The summed E-state index contributed by atoms with van der Waals surface area (Å²) in [4.78, 5) is 22.3. The van der Waals surface area contributed by atoms with Crippen LogP contribution in [0.4, 0.5) is 5.82 Å². The van der Waals surface area contributed by atoms with E-state index in [1.807, 2.05) is 18.2 Å². The third kappa shape index (κ3) is 3.07. The van der Waals surface area contributed by atoms with E-state index >= 15 is 0 Å². The van der Waals surface area contributed by atoms with E-state index in [4.69, 9.17) is 4.98 Å². The van der Waals surface area contributed by atoms with Gasteiger partial charge in [-0.15, -0.1) is 0 Å². The first-order valence-electron chi connectivity index (χ1n) is 9.12. The van der Waals surface area contributed by atoms with Crippen LogP contribution in [0.5, 0.6) is 0 Å². The van der Waals surface area contributed by atoms with Crippen LogP contribution < -0.4 is 10.9 Å². The lowest BCUT2D eigenvalue weighted by Gasteiger charge is -2.15. The second-order valence-electron chi connectivity index (χ2n) is 6.95. The molecule has 5 heteroatoms. The van der Waals surface area contributed by atoms with Crippen molar-refractivity contribution in [1.82, 2.24) is 9.38 Å². The van der Waals surface area contributed by atoms with E-state index in [9.17, 15) is 4.79 Å². The van der Waals surface area contributed by atoms with Crippen LogP contribution in [0.3, 0.4) is 0 Å². The first kappa shape index (κ1) is 15.4. The minimum atomic E-state index is -0.0390. The molecule has 0 bridgehead atoms. The van der Waals surface area contributed by atoms with Gasteiger partial charge in [0.25, 0.3) is 5.56 Å². The number of hydrogen-bond donors (Lipinski definition) is 1. The summed E-state index contributed by atoms with van der Waals surface area (Å²) in [6, 6.07) is 6.42. The maximum Gasteiger partial charge on any atom is 0.268 e. The molecule has 2 aromatic rings. The van der Waals surface area contributed by atoms with Crippen molar-refractivity contribution in [3.8, 4) is 0 Å². The molecule has 2 saturated carbocycles. The smallest absolute Gasteiger partial charge is 0.268 e. The monoisotopic (exact) mass is 324 g/mol. The zero-order chi connectivity index (χ0) is 16.4. The molecule has 0 spiro atoms. The first-order valence-corrected chi connectivity index (χ1v) is 9.12. The molecule has 2 aliphatic rings. The quantitative estimate of drug-likeness (QED) is 0.877. The molecule has 0 saturated heterocycles. The average molecular weight is 324 g/mol. The molecule has 2 fully saturated rings. The van der Waals surface area contributed by atoms with Crippen LogP contribution >= 0.6 is 0 Å². The number of aromatic nitrogens is 2. The Bertz CT molecular complexity index is 799. The van der Waals surface area contributed by atoms with Crippen LogP contribution in [0.1, 0.15) is 56.9 Å². The second kappa shape index (κ2) is 6.75. The lowest BCUT2D eigenvalue weighted by Crippen LogP contribution is -2.25. The Kier molecular flexibility index (Phi) is 4.32. The van der Waals surface area contributed by atoms with Crippen LogP contribution in [0.2, 0.25) is 0 Å². The third-order valence-corrected chi connectivity index (χ3v) is 5.20. The van der Waals surface area contributed by atoms with Gasteiger partial charge in [-0.2, -0.15) is 0 Å². The van der Waals surface area contributed by atoms with Crippen molar-refractivity contribution in [2.24, 2.45) is 4.99 Å². The van der Waals surface area contributed by atoms with Crippen LogP contribution in [0.15, 0.2) is 34.2 Å². The number of aliphatic imine (C=N–C) groups is 1. The van der Waals surface area contributed by atoms with Crippen molar-refractivity contribution in [2.45, 2.75) is 63.5 Å². The van der Waals surface area contributed by atoms with Gasteiger partial charge >= 0.3 is 0 Å². The van der Waals surface area contributed by atoms with E-state index in [2.05, 4.69) is 10.3 Å². The summed E-state index contributed by atoms with van der Waals surface area (Å²) in [5.41, 5.74) is 1.24. The molecule has 1 N–H and O–H groups in total. The van der Waals surface area contributed by atoms with Crippen molar-refractivity contribution < 1.29 is 0 Å². The number of nitrogens with zero attached hydrogens (tertiary/aromatic N) is 3. The predicted molar refractivity (Wildman–Crippen MR) is 97.2 cm³/mol. The molecule has 4 rings (SSSR count). The number of fused-ring (bicyclic) bond motifs is 1. The Morgan fingerprint density at radius 1 is 1.12 bits per heavy atom. The van der Waals surface area contributed by atoms with Crippen LogP contribution in [0.25, 0.3) is 5.65 Å². The summed E-state index contributed by atoms with van der Waals surface area (Å²) in [5, 5.41) is 3.50. The van der Waals surface area contributed by atoms with Crippen molar-refractivity contribution >= 4 is 17.7 Å². The Hall–Kier alpha value is -2.17. The van der Waals surface area contributed by atoms with Crippen molar-refractivity contribution in [3.05, 3.63) is 40.3 Å². The maximum atomic E-state index is 12.9. The minimum absolute atomic E-state index is 0.0390. The van der Waals surface area contributed by atoms with Gasteiger partial charge in [0.2, 0.25) is 0 Å². The van der Waals surface area contributed by atoms with Gasteiger partial charge in [-0.3, -0.25) is 14.2 Å². The fourth-order valence-electron chi connectivity index (χ4n) is 3.83. The van der Waals surface area contributed by atoms with Gasteiger partial charge < -0.3 is 5.32 Å². The molecule has 0 unspecified atom stereocenters. The first-order chi connectivity index (χ1) is 11.8. The summed E-state index contributed by atoms with van der Waals surface area (Å²) in [6.07, 6.45) is 13.1. The zero-order valence-corrected chi connectivity index (χ0v) is 13.9. The molecule has 2 aromatic heterocycles. The van der Waals surface area contributed by atoms with Gasteiger partial charge in [-0.1, -0.05) is 31.7 Å². The molecule has 2 heterocycles. The van der Waals surface area contributed by atoms with E-state index in [0.29, 0.717) is 29.1 Å². The molecule has 0 radical (unpaired) electrons. The van der Waals surface area contributed by atoms with E-state index in [1.54, 1.807) is 16.8 Å². The Labute approximate surface area is 141 Å². The number of hydrogen-bond acceptors (Lipinski definition) is 4. The van der Waals surface area contributed by atoms with E-state index < -0.39 is 0 Å². The fraction of sp³-hybridized carbons (Fsp3) is 0.526. The number of pyridine rings is 1. The molecule has 5 nitrogen and oxygen atoms in total. The van der Waals surface area contributed by atoms with Gasteiger partial charge in [0.1, 0.15) is 17.0 Å². The van der Waals surface area contributed by atoms with E-state index in [1.165, 1.54) is 25.7 Å². The highest BCUT2D eigenvalue weighted by Crippen LogP contribution is 2.23. The minimum Gasteiger partial charge on any atom is -0.367 e. The summed E-state index contributed by atoms with van der Waals surface area (Å²) in [6.45, 7) is 0. The van der Waals surface area contributed by atoms with Gasteiger partial charge in [-0.25, -0.2) is 4.98 Å². The van der Waals surface area contributed by atoms with Gasteiger partial charge in [0.05, 0.1) is 0 Å². The molecule has 0 aromatic carbocycles. The van der Waals surface area contributed by atoms with Crippen LogP contribution in [0, 0.1) is 0 Å². The highest BCUT2D eigenvalue weighted by molar-refractivity contribution is 5.86. The number of nitrogens with one attached hydrogen (secondary N) is 1. The third-order valence-electron chi connectivity index (χ3n) is 5.20. The Morgan fingerprint density at radius 2 is 1.88 bits per heavy atom. The van der Waals surface area contributed by atoms with E-state index in [-0.39, 0.29) is 5.56 Å². The standard InChI is InChI=1S/C19H24N4O/c24-19-16(13-20-14-7-1-2-8-14)18(21-15-9-3-4-10-15)22-17-11-5-6-12-23(17)19/h5-6,11-15,21H,1-4,7-10H2. The summed E-state index contributed by atoms with van der Waals surface area (Å²) < 4.78 is 1.61. The van der Waals surface area contributed by atoms with Crippen molar-refractivity contribution in [3.63, 3.8) is 0 Å². The molecule has 126 valence electrons. The molecular weight excluding hydrogens is 300 g/mol. The van der Waals surface area contributed by atoms with Gasteiger partial charge in [0, 0.05) is 24.5 Å². The summed E-state index contributed by atoms with van der Waals surface area (Å²) in [5.74, 6) is 0.694. The van der Waals surface area contributed by atoms with Gasteiger partial charge in [0.15, 0.2) is 0 Å². The number of anilines is 1. The lowest BCUT2D eigenvalue weighted by atomic mass is 10.2. The predicted octanol–water partition coefficient (Wildman–Crippen LogP) is 3.41. The molecule has 0 atom stereocenters. The summed E-state index contributed by atoms with van der Waals surface area (Å²) >= 11 is 0. The number of rotatable bonds is 4. The summed E-state index contributed by atoms with van der Waals surface area (Å²) in [7, 11) is 0. The van der Waals surface area contributed by atoms with Crippen LogP contribution in [-0.2, 0) is 0 Å². The molecule has 24 heavy (non-hydrogen) atoms. The maximum absolute atomic E-state index is 12.9. The van der Waals surface area contributed by atoms with E-state index in [0.717, 1.165) is 25.7 Å². The molecule has 0 aliphatic heterocycles. The van der Waals surface area contributed by atoms with Crippen molar-refractivity contribution in [2.75, 3.05) is 5.32 Å². The highest BCUT2D eigenvalue weighted by Gasteiger charge is 2.19.